The van der Waals surface area contributed by atoms with Gasteiger partial charge in [-0.3, -0.25) is 4.79 Å². The van der Waals surface area contributed by atoms with Gasteiger partial charge in [0.2, 0.25) is 5.91 Å². The van der Waals surface area contributed by atoms with Gasteiger partial charge in [0, 0.05) is 40.9 Å². The third-order valence-electron chi connectivity index (χ3n) is 3.87. The van der Waals surface area contributed by atoms with Gasteiger partial charge in [-0.25, -0.2) is 13.2 Å². The van der Waals surface area contributed by atoms with E-state index in [1.165, 1.54) is 0 Å². The number of hydrogen-bond acceptors (Lipinski definition) is 3. The van der Waals surface area contributed by atoms with Gasteiger partial charge in [0.15, 0.2) is 17.5 Å². The molecule has 1 heterocycles. The van der Waals surface area contributed by atoms with Crippen molar-refractivity contribution in [3.05, 3.63) is 35.1 Å². The number of rotatable bonds is 4. The number of benzene rings is 1. The predicted octanol–water partition coefficient (Wildman–Crippen LogP) is 3.31. The van der Waals surface area contributed by atoms with Gasteiger partial charge in [0.1, 0.15) is 0 Å². The molecule has 0 bridgehead atoms. The largest absolute Gasteiger partial charge is 0.353 e. The van der Waals surface area contributed by atoms with Gasteiger partial charge in [0.25, 0.3) is 0 Å². The zero-order valence-corrected chi connectivity index (χ0v) is 13.4. The highest BCUT2D eigenvalue weighted by atomic mass is 32.2. The lowest BCUT2D eigenvalue weighted by Gasteiger charge is -2.20. The van der Waals surface area contributed by atoms with Crippen molar-refractivity contribution >= 4 is 29.4 Å². The number of carbonyl (C=O) groups excluding carboxylic acids is 1. The predicted molar refractivity (Wildman–Crippen MR) is 83.8 cm³/mol. The van der Waals surface area contributed by atoms with Gasteiger partial charge in [-0.2, -0.15) is 23.5 Å². The van der Waals surface area contributed by atoms with Crippen LogP contribution >= 0.6 is 23.5 Å². The fraction of sp³-hybridized carbons (Fsp3) is 0.533. The third-order valence-corrected chi connectivity index (χ3v) is 6.71. The van der Waals surface area contributed by atoms with Crippen LogP contribution in [-0.2, 0) is 4.79 Å². The van der Waals surface area contributed by atoms with E-state index in [0.717, 1.165) is 29.4 Å². The molecule has 1 aliphatic heterocycles. The summed E-state index contributed by atoms with van der Waals surface area (Å²) in [5.41, 5.74) is 0.407. The van der Waals surface area contributed by atoms with Crippen LogP contribution in [0.5, 0.6) is 0 Å². The molecule has 1 saturated carbocycles. The molecule has 0 spiro atoms. The van der Waals surface area contributed by atoms with Crippen molar-refractivity contribution in [2.24, 2.45) is 0 Å². The van der Waals surface area contributed by atoms with E-state index in [4.69, 9.17) is 0 Å². The molecular weight excluding hydrogens is 331 g/mol. The average molecular weight is 347 g/mol. The van der Waals surface area contributed by atoms with E-state index in [1.54, 1.807) is 0 Å². The minimum atomic E-state index is -1.45. The van der Waals surface area contributed by atoms with Gasteiger partial charge < -0.3 is 5.32 Å². The maximum atomic E-state index is 13.2. The Labute approximate surface area is 135 Å². The molecule has 1 aliphatic carbocycles. The first-order valence-electron chi connectivity index (χ1n) is 7.17. The minimum Gasteiger partial charge on any atom is -0.353 e. The summed E-state index contributed by atoms with van der Waals surface area (Å²) in [5, 5.41) is 3.25. The van der Waals surface area contributed by atoms with Crippen molar-refractivity contribution in [1.29, 1.82) is 0 Å². The Morgan fingerprint density at radius 1 is 1.23 bits per heavy atom. The molecule has 2 aliphatic rings. The molecular formula is C15H16F3NOS2. The summed E-state index contributed by atoms with van der Waals surface area (Å²) in [6.45, 7) is 0. The van der Waals surface area contributed by atoms with Gasteiger partial charge >= 0.3 is 0 Å². The van der Waals surface area contributed by atoms with Crippen LogP contribution in [0.15, 0.2) is 12.1 Å². The average Bonchev–Trinajstić information content (AvgIpc) is 3.24. The van der Waals surface area contributed by atoms with E-state index in [0.29, 0.717) is 23.7 Å². The second-order valence-electron chi connectivity index (χ2n) is 5.59. The van der Waals surface area contributed by atoms with Crippen molar-refractivity contribution in [1.82, 2.24) is 5.32 Å². The number of amides is 1. The Morgan fingerprint density at radius 2 is 1.95 bits per heavy atom. The molecule has 1 aromatic rings. The number of carbonyl (C=O) groups is 1. The summed E-state index contributed by atoms with van der Waals surface area (Å²) in [7, 11) is 0. The van der Waals surface area contributed by atoms with Crippen LogP contribution in [0, 0.1) is 17.5 Å². The van der Waals surface area contributed by atoms with E-state index in [-0.39, 0.29) is 17.9 Å². The van der Waals surface area contributed by atoms with Crippen molar-refractivity contribution < 1.29 is 18.0 Å². The molecule has 0 radical (unpaired) electrons. The first kappa shape index (κ1) is 16.1. The second-order valence-corrected chi connectivity index (χ2v) is 8.14. The van der Waals surface area contributed by atoms with Crippen LogP contribution in [0.4, 0.5) is 13.2 Å². The summed E-state index contributed by atoms with van der Waals surface area (Å²) in [6, 6.07) is 1.93. The van der Waals surface area contributed by atoms with Crippen molar-refractivity contribution in [3.8, 4) is 0 Å². The summed E-state index contributed by atoms with van der Waals surface area (Å²) < 4.78 is 39.4. The molecule has 0 unspecified atom stereocenters. The Hall–Kier alpha value is -0.820. The van der Waals surface area contributed by atoms with Crippen LogP contribution in [0.3, 0.4) is 0 Å². The van der Waals surface area contributed by atoms with Crippen LogP contribution in [-0.4, -0.2) is 34.5 Å². The highest BCUT2D eigenvalue weighted by Crippen LogP contribution is 2.41. The summed E-state index contributed by atoms with van der Waals surface area (Å²) in [6.07, 6.45) is 1.12. The van der Waals surface area contributed by atoms with Crippen LogP contribution in [0.25, 0.3) is 0 Å². The Balaban J connectivity index is 1.52. The fourth-order valence-electron chi connectivity index (χ4n) is 2.64. The van der Waals surface area contributed by atoms with E-state index in [9.17, 15) is 18.0 Å². The Morgan fingerprint density at radius 3 is 2.59 bits per heavy atom. The van der Waals surface area contributed by atoms with Crippen LogP contribution in [0.2, 0.25) is 0 Å². The normalized spacial score (nSPS) is 27.5. The summed E-state index contributed by atoms with van der Waals surface area (Å²) in [4.78, 5) is 12.0. The topological polar surface area (TPSA) is 29.1 Å². The van der Waals surface area contributed by atoms with Gasteiger partial charge in [-0.1, -0.05) is 0 Å². The molecule has 2 fully saturated rings. The van der Waals surface area contributed by atoms with E-state index < -0.39 is 17.5 Å². The first-order chi connectivity index (χ1) is 10.5. The molecule has 0 aromatic heterocycles. The lowest BCUT2D eigenvalue weighted by atomic mass is 10.1. The van der Waals surface area contributed by atoms with Gasteiger partial charge in [-0.05, 0) is 24.1 Å². The van der Waals surface area contributed by atoms with Crippen LogP contribution in [0.1, 0.15) is 24.3 Å². The highest BCUT2D eigenvalue weighted by molar-refractivity contribution is 8.06. The zero-order valence-electron chi connectivity index (χ0n) is 11.8. The SMILES string of the molecule is O=C(C[C@H]1CSCCS1)N[C@@H]1C[C@H]1c1cc(F)c(F)c(F)c1. The smallest absolute Gasteiger partial charge is 0.221 e. The lowest BCUT2D eigenvalue weighted by molar-refractivity contribution is -0.121. The Kier molecular flexibility index (Phi) is 4.92. The highest BCUT2D eigenvalue weighted by Gasteiger charge is 2.40. The molecule has 22 heavy (non-hydrogen) atoms. The summed E-state index contributed by atoms with van der Waals surface area (Å²) >= 11 is 3.68. The fourth-order valence-corrected chi connectivity index (χ4v) is 5.32. The second kappa shape index (κ2) is 6.74. The number of thioether (sulfide) groups is 2. The molecule has 1 amide bonds. The molecule has 2 nitrogen and oxygen atoms in total. The van der Waals surface area contributed by atoms with E-state index in [2.05, 4.69) is 5.32 Å². The lowest BCUT2D eigenvalue weighted by Crippen LogP contribution is -2.30. The zero-order chi connectivity index (χ0) is 15.7. The molecule has 1 aromatic carbocycles. The molecule has 3 atom stereocenters. The van der Waals surface area contributed by atoms with Crippen molar-refractivity contribution in [2.45, 2.75) is 30.1 Å². The number of halogens is 3. The Bertz CT molecular complexity index is 555. The van der Waals surface area contributed by atoms with E-state index >= 15 is 0 Å². The quantitative estimate of drug-likeness (QED) is 0.848. The number of nitrogens with one attached hydrogen (secondary N) is 1. The monoisotopic (exact) mass is 347 g/mol. The van der Waals surface area contributed by atoms with E-state index in [1.807, 2.05) is 23.5 Å². The van der Waals surface area contributed by atoms with Crippen LogP contribution < -0.4 is 5.32 Å². The summed E-state index contributed by atoms with van der Waals surface area (Å²) in [5.74, 6) is -0.752. The third kappa shape index (κ3) is 3.74. The van der Waals surface area contributed by atoms with Gasteiger partial charge in [0.05, 0.1) is 0 Å². The van der Waals surface area contributed by atoms with Crippen molar-refractivity contribution in [3.63, 3.8) is 0 Å². The maximum absolute atomic E-state index is 13.2. The van der Waals surface area contributed by atoms with Crippen molar-refractivity contribution in [2.75, 3.05) is 17.3 Å². The molecule has 1 N–H and O–H groups in total. The standard InChI is InChI=1S/C15H16F3NOS2/c16-11-3-8(4-12(17)15(11)18)10-6-13(10)19-14(20)5-9-7-21-1-2-22-9/h3-4,9-10,13H,1-2,5-7H2,(H,19,20)/t9-,10-,13+/m0/s1. The number of hydrogen-bond donors (Lipinski definition) is 1. The van der Waals surface area contributed by atoms with Gasteiger partial charge in [-0.15, -0.1) is 0 Å². The molecule has 7 heteroatoms. The molecule has 3 rings (SSSR count). The maximum Gasteiger partial charge on any atom is 0.221 e. The molecule has 120 valence electrons. The molecule has 1 saturated heterocycles. The first-order valence-corrected chi connectivity index (χ1v) is 9.38. The minimum absolute atomic E-state index is 0.0180.